The zero-order valence-corrected chi connectivity index (χ0v) is 20.6. The Bertz CT molecular complexity index is 783. The summed E-state index contributed by atoms with van der Waals surface area (Å²) in [6.07, 6.45) is 5.56. The van der Waals surface area contributed by atoms with Gasteiger partial charge in [0.05, 0.1) is 6.61 Å². The second-order valence-electron chi connectivity index (χ2n) is 10.7. The Morgan fingerprint density at radius 1 is 1.16 bits per heavy atom. The molecule has 1 aromatic rings. The molecule has 1 aliphatic carbocycles. The van der Waals surface area contributed by atoms with E-state index in [0.717, 1.165) is 32.2 Å². The minimum Gasteiger partial charge on any atom is -0.383 e. The van der Waals surface area contributed by atoms with Gasteiger partial charge in [-0.25, -0.2) is 0 Å². The van der Waals surface area contributed by atoms with Gasteiger partial charge in [0.15, 0.2) is 0 Å². The number of likely N-dealkylation sites (tertiary alicyclic amines) is 1. The SMILES string of the molecule is COCCNC(=O)C(C)(C)CCN1CC2(CCC(c3ccccc3)(N(C)C)CC2)CC1=O. The first-order chi connectivity index (χ1) is 15.1. The summed E-state index contributed by atoms with van der Waals surface area (Å²) in [6, 6.07) is 10.8. The molecule has 0 aromatic heterocycles. The molecule has 6 nitrogen and oxygen atoms in total. The van der Waals surface area contributed by atoms with Gasteiger partial charge in [0.2, 0.25) is 11.8 Å². The monoisotopic (exact) mass is 443 g/mol. The van der Waals surface area contributed by atoms with Gasteiger partial charge in [0, 0.05) is 44.1 Å². The number of nitrogens with one attached hydrogen (secondary N) is 1. The van der Waals surface area contributed by atoms with Gasteiger partial charge in [-0.2, -0.15) is 0 Å². The fourth-order valence-corrected chi connectivity index (χ4v) is 5.49. The third-order valence-corrected chi connectivity index (χ3v) is 7.92. The maximum absolute atomic E-state index is 12.9. The van der Waals surface area contributed by atoms with Crippen LogP contribution in [0.15, 0.2) is 30.3 Å². The molecule has 1 N–H and O–H groups in total. The van der Waals surface area contributed by atoms with Crippen LogP contribution in [-0.2, 0) is 19.9 Å². The second kappa shape index (κ2) is 9.92. The molecule has 0 radical (unpaired) electrons. The minimum absolute atomic E-state index is 0.0206. The average molecular weight is 444 g/mol. The van der Waals surface area contributed by atoms with E-state index in [9.17, 15) is 9.59 Å². The molecule has 1 aromatic carbocycles. The fourth-order valence-electron chi connectivity index (χ4n) is 5.49. The standard InChI is InChI=1S/C26H41N3O3/c1-24(2,23(31)27-16-18-32-5)15-17-29-20-25(19-22(29)30)11-13-26(14-12-25,28(3)4)21-9-7-6-8-10-21/h6-10H,11-20H2,1-5H3,(H,27,31). The molecule has 1 heterocycles. The predicted molar refractivity (Wildman–Crippen MR) is 127 cm³/mol. The van der Waals surface area contributed by atoms with E-state index in [0.29, 0.717) is 32.5 Å². The summed E-state index contributed by atoms with van der Waals surface area (Å²) in [5, 5.41) is 2.93. The molecular weight excluding hydrogens is 402 g/mol. The van der Waals surface area contributed by atoms with Crippen LogP contribution in [-0.4, -0.2) is 69.1 Å². The molecule has 0 bridgehead atoms. The molecule has 178 valence electrons. The van der Waals surface area contributed by atoms with Crippen LogP contribution in [0.2, 0.25) is 0 Å². The largest absolute Gasteiger partial charge is 0.383 e. The molecule has 1 aliphatic heterocycles. The first-order valence-electron chi connectivity index (χ1n) is 11.9. The van der Waals surface area contributed by atoms with Gasteiger partial charge < -0.3 is 15.0 Å². The van der Waals surface area contributed by atoms with E-state index in [1.807, 2.05) is 18.7 Å². The fraction of sp³-hybridized carbons (Fsp3) is 0.692. The van der Waals surface area contributed by atoms with E-state index in [1.54, 1.807) is 7.11 Å². The normalized spacial score (nSPS) is 26.2. The van der Waals surface area contributed by atoms with Crippen molar-refractivity contribution in [2.45, 2.75) is 57.9 Å². The van der Waals surface area contributed by atoms with E-state index in [2.05, 4.69) is 54.6 Å². The zero-order chi connectivity index (χ0) is 23.4. The van der Waals surface area contributed by atoms with Crippen LogP contribution in [0.1, 0.15) is 57.9 Å². The van der Waals surface area contributed by atoms with Crippen molar-refractivity contribution in [2.24, 2.45) is 10.8 Å². The van der Waals surface area contributed by atoms with E-state index >= 15 is 0 Å². The Morgan fingerprint density at radius 3 is 2.41 bits per heavy atom. The quantitative estimate of drug-likeness (QED) is 0.594. The van der Waals surface area contributed by atoms with Crippen LogP contribution in [0, 0.1) is 10.8 Å². The van der Waals surface area contributed by atoms with Gasteiger partial charge in [-0.15, -0.1) is 0 Å². The van der Waals surface area contributed by atoms with Gasteiger partial charge in [0.1, 0.15) is 0 Å². The van der Waals surface area contributed by atoms with Crippen LogP contribution in [0.5, 0.6) is 0 Å². The number of carbonyl (C=O) groups is 2. The van der Waals surface area contributed by atoms with Gasteiger partial charge in [-0.1, -0.05) is 44.2 Å². The molecule has 6 heteroatoms. The van der Waals surface area contributed by atoms with E-state index in [1.165, 1.54) is 5.56 Å². The summed E-state index contributed by atoms with van der Waals surface area (Å²) in [4.78, 5) is 29.8. The Balaban J connectivity index is 1.59. The summed E-state index contributed by atoms with van der Waals surface area (Å²) in [5.74, 6) is 0.268. The maximum Gasteiger partial charge on any atom is 0.225 e. The average Bonchev–Trinajstić information content (AvgIpc) is 3.08. The lowest BCUT2D eigenvalue weighted by atomic mass is 9.64. The van der Waals surface area contributed by atoms with Crippen molar-refractivity contribution in [2.75, 3.05) is 47.4 Å². The Morgan fingerprint density at radius 2 is 1.81 bits per heavy atom. The lowest BCUT2D eigenvalue weighted by Crippen LogP contribution is -2.47. The predicted octanol–water partition coefficient (Wildman–Crippen LogP) is 3.42. The Kier molecular flexibility index (Phi) is 7.66. The molecule has 0 unspecified atom stereocenters. The van der Waals surface area contributed by atoms with Crippen molar-refractivity contribution in [1.29, 1.82) is 0 Å². The highest BCUT2D eigenvalue weighted by molar-refractivity contribution is 5.82. The molecule has 1 saturated carbocycles. The van der Waals surface area contributed by atoms with Crippen LogP contribution < -0.4 is 5.32 Å². The van der Waals surface area contributed by atoms with Crippen LogP contribution in [0.25, 0.3) is 0 Å². The topological polar surface area (TPSA) is 61.9 Å². The smallest absolute Gasteiger partial charge is 0.225 e. The van der Waals surface area contributed by atoms with E-state index in [-0.39, 0.29) is 22.8 Å². The van der Waals surface area contributed by atoms with Gasteiger partial charge >= 0.3 is 0 Å². The number of ether oxygens (including phenoxy) is 1. The van der Waals surface area contributed by atoms with Crippen molar-refractivity contribution >= 4 is 11.8 Å². The van der Waals surface area contributed by atoms with Crippen molar-refractivity contribution in [1.82, 2.24) is 15.1 Å². The summed E-state index contributed by atoms with van der Waals surface area (Å²) >= 11 is 0. The van der Waals surface area contributed by atoms with Crippen molar-refractivity contribution in [3.8, 4) is 0 Å². The minimum atomic E-state index is -0.510. The first kappa shape index (κ1) is 24.7. The number of hydrogen-bond donors (Lipinski definition) is 1. The summed E-state index contributed by atoms with van der Waals surface area (Å²) in [5.41, 5.74) is 0.993. The molecule has 2 aliphatic rings. The third kappa shape index (κ3) is 5.18. The van der Waals surface area contributed by atoms with Crippen molar-refractivity contribution < 1.29 is 14.3 Å². The summed E-state index contributed by atoms with van der Waals surface area (Å²) < 4.78 is 5.01. The number of rotatable bonds is 9. The maximum atomic E-state index is 12.9. The molecule has 0 atom stereocenters. The summed E-state index contributed by atoms with van der Waals surface area (Å²) in [6.45, 7) is 6.40. The van der Waals surface area contributed by atoms with Gasteiger partial charge in [-0.05, 0) is 57.2 Å². The second-order valence-corrected chi connectivity index (χ2v) is 10.7. The number of methoxy groups -OCH3 is 1. The number of hydrogen-bond acceptors (Lipinski definition) is 4. The molecule has 2 fully saturated rings. The number of nitrogens with zero attached hydrogens (tertiary/aromatic N) is 2. The van der Waals surface area contributed by atoms with Crippen LogP contribution in [0.4, 0.5) is 0 Å². The highest BCUT2D eigenvalue weighted by Gasteiger charge is 2.50. The molecular formula is C26H41N3O3. The number of amides is 2. The summed E-state index contributed by atoms with van der Waals surface area (Å²) in [7, 11) is 5.98. The van der Waals surface area contributed by atoms with Crippen LogP contribution in [0.3, 0.4) is 0 Å². The lowest BCUT2D eigenvalue weighted by molar-refractivity contribution is -0.132. The molecule has 3 rings (SSSR count). The van der Waals surface area contributed by atoms with Crippen LogP contribution >= 0.6 is 0 Å². The number of carbonyl (C=O) groups excluding carboxylic acids is 2. The first-order valence-corrected chi connectivity index (χ1v) is 11.9. The lowest BCUT2D eigenvalue weighted by Gasteiger charge is -2.49. The Labute approximate surface area is 193 Å². The zero-order valence-electron chi connectivity index (χ0n) is 20.6. The molecule has 1 spiro atoms. The highest BCUT2D eigenvalue weighted by atomic mass is 16.5. The van der Waals surface area contributed by atoms with Gasteiger partial charge in [0.25, 0.3) is 0 Å². The van der Waals surface area contributed by atoms with E-state index in [4.69, 9.17) is 4.74 Å². The highest BCUT2D eigenvalue weighted by Crippen LogP contribution is 2.52. The van der Waals surface area contributed by atoms with Gasteiger partial charge in [-0.3, -0.25) is 14.5 Å². The number of benzene rings is 1. The van der Waals surface area contributed by atoms with Crippen molar-refractivity contribution in [3.05, 3.63) is 35.9 Å². The third-order valence-electron chi connectivity index (χ3n) is 7.92. The Hall–Kier alpha value is -1.92. The molecule has 2 amide bonds. The van der Waals surface area contributed by atoms with Crippen molar-refractivity contribution in [3.63, 3.8) is 0 Å². The molecule has 1 saturated heterocycles. The van der Waals surface area contributed by atoms with E-state index < -0.39 is 5.41 Å². The molecule has 32 heavy (non-hydrogen) atoms.